The van der Waals surface area contributed by atoms with Crippen LogP contribution in [0.5, 0.6) is 0 Å². The number of Topliss-reactive ketones (excluding diaryl/α,β-unsaturated/α-hetero) is 1. The van der Waals surface area contributed by atoms with E-state index in [1.54, 1.807) is 42.5 Å². The Morgan fingerprint density at radius 2 is 1.63 bits per heavy atom. The fourth-order valence-electron chi connectivity index (χ4n) is 2.70. The smallest absolute Gasteiger partial charge is 0.290 e. The van der Waals surface area contributed by atoms with Gasteiger partial charge in [0.05, 0.1) is 4.90 Å². The van der Waals surface area contributed by atoms with Crippen LogP contribution in [0.15, 0.2) is 70.2 Å². The Balaban J connectivity index is 1.92. The number of aromatic nitrogens is 3. The molecule has 0 spiro atoms. The monoisotopic (exact) mass is 494 g/mol. The Bertz CT molecular complexity index is 1120. The van der Waals surface area contributed by atoms with Crippen LogP contribution in [0.1, 0.15) is 16.1 Å². The summed E-state index contributed by atoms with van der Waals surface area (Å²) in [5.74, 6) is -2.17. The number of halogens is 1. The molecule has 0 aliphatic heterocycles. The summed E-state index contributed by atoms with van der Waals surface area (Å²) < 4.78 is 40.3. The van der Waals surface area contributed by atoms with Gasteiger partial charge in [-0.25, -0.2) is 13.1 Å². The second kappa shape index (κ2) is 9.14. The molecule has 1 N–H and O–H groups in total. The molecule has 0 saturated carbocycles. The summed E-state index contributed by atoms with van der Waals surface area (Å²) in [5, 5.41) is 7.94. The molecule has 0 amide bonds. The third-order valence-electron chi connectivity index (χ3n) is 4.27. The predicted molar refractivity (Wildman–Crippen MR) is 111 cm³/mol. The van der Waals surface area contributed by atoms with Crippen LogP contribution in [0.4, 0.5) is 0 Å². The van der Waals surface area contributed by atoms with Crippen LogP contribution >= 0.6 is 15.9 Å². The van der Waals surface area contributed by atoms with E-state index >= 15 is 0 Å². The lowest BCUT2D eigenvalue weighted by Gasteiger charge is -2.29. The summed E-state index contributed by atoms with van der Waals surface area (Å²) in [6.45, 7) is -0.119. The molecule has 0 bridgehead atoms. The maximum absolute atomic E-state index is 12.8. The van der Waals surface area contributed by atoms with Crippen molar-refractivity contribution in [1.29, 1.82) is 0 Å². The highest BCUT2D eigenvalue weighted by atomic mass is 79.9. The van der Waals surface area contributed by atoms with Crippen molar-refractivity contribution in [3.8, 4) is 0 Å². The highest BCUT2D eigenvalue weighted by Crippen LogP contribution is 2.30. The molecule has 158 valence electrons. The van der Waals surface area contributed by atoms with Gasteiger partial charge >= 0.3 is 0 Å². The third kappa shape index (κ3) is 4.50. The topological polar surface area (TPSA) is 112 Å². The number of sulfonamides is 1. The Morgan fingerprint density at radius 1 is 1.07 bits per heavy atom. The molecule has 1 heterocycles. The molecule has 0 aliphatic carbocycles. The molecule has 9 nitrogen and oxygen atoms in total. The zero-order valence-corrected chi connectivity index (χ0v) is 18.6. The largest absolute Gasteiger partial charge is 0.335 e. The van der Waals surface area contributed by atoms with Gasteiger partial charge in [-0.05, 0) is 28.1 Å². The van der Waals surface area contributed by atoms with Crippen molar-refractivity contribution in [2.24, 2.45) is 0 Å². The van der Waals surface area contributed by atoms with Gasteiger partial charge in [-0.3, -0.25) is 4.79 Å². The summed E-state index contributed by atoms with van der Waals surface area (Å²) in [4.78, 5) is 12.5. The number of methoxy groups -OCH3 is 2. The second-order valence-corrected chi connectivity index (χ2v) is 8.55. The van der Waals surface area contributed by atoms with Crippen LogP contribution in [0.25, 0.3) is 0 Å². The quantitative estimate of drug-likeness (QED) is 0.358. The van der Waals surface area contributed by atoms with Gasteiger partial charge in [0, 0.05) is 19.8 Å². The molecule has 11 heteroatoms. The van der Waals surface area contributed by atoms with Crippen molar-refractivity contribution in [3.05, 3.63) is 76.5 Å². The lowest BCUT2D eigenvalue weighted by molar-refractivity contribution is -0.226. The minimum absolute atomic E-state index is 0.00729. The van der Waals surface area contributed by atoms with E-state index in [-0.39, 0.29) is 27.5 Å². The highest BCUT2D eigenvalue weighted by molar-refractivity contribution is 9.10. The van der Waals surface area contributed by atoms with Crippen molar-refractivity contribution in [2.75, 3.05) is 14.2 Å². The standard InChI is InChI=1S/C19H19BrN4O5S/c1-28-19(29-2,22-30(26,27)15-11-7-4-8-12-15)17-18(20)24(23-21-17)13-16(25)14-9-5-3-6-10-14/h3-12,22H,13H2,1-2H3. The number of hydrogen-bond acceptors (Lipinski definition) is 7. The molecule has 0 radical (unpaired) electrons. The minimum Gasteiger partial charge on any atom is -0.335 e. The van der Waals surface area contributed by atoms with E-state index in [1.165, 1.54) is 31.0 Å². The van der Waals surface area contributed by atoms with E-state index in [1.807, 2.05) is 6.07 Å². The lowest BCUT2D eigenvalue weighted by Crippen LogP contribution is -2.49. The number of ether oxygens (including phenoxy) is 2. The molecule has 3 aromatic rings. The first-order valence-corrected chi connectivity index (χ1v) is 11.0. The average Bonchev–Trinajstić information content (AvgIpc) is 3.14. The maximum atomic E-state index is 12.8. The van der Waals surface area contributed by atoms with E-state index in [0.29, 0.717) is 5.56 Å². The highest BCUT2D eigenvalue weighted by Gasteiger charge is 2.43. The van der Waals surface area contributed by atoms with Gasteiger partial charge in [0.15, 0.2) is 11.5 Å². The minimum atomic E-state index is -4.03. The van der Waals surface area contributed by atoms with Crippen LogP contribution in [-0.4, -0.2) is 43.4 Å². The Hall–Kier alpha value is -2.44. The summed E-state index contributed by atoms with van der Waals surface area (Å²) >= 11 is 3.32. The van der Waals surface area contributed by atoms with Gasteiger partial charge in [0.2, 0.25) is 10.0 Å². The molecule has 30 heavy (non-hydrogen) atoms. The Kier molecular flexibility index (Phi) is 6.78. The van der Waals surface area contributed by atoms with Crippen LogP contribution in [0.3, 0.4) is 0 Å². The summed E-state index contributed by atoms with van der Waals surface area (Å²) in [5.41, 5.74) is 0.517. The van der Waals surface area contributed by atoms with Crippen LogP contribution in [0.2, 0.25) is 0 Å². The summed E-state index contributed by atoms with van der Waals surface area (Å²) in [7, 11) is -1.51. The van der Waals surface area contributed by atoms with Gasteiger partial charge in [-0.15, -0.1) is 5.10 Å². The van der Waals surface area contributed by atoms with Gasteiger partial charge < -0.3 is 9.47 Å². The predicted octanol–water partition coefficient (Wildman–Crippen LogP) is 2.31. The van der Waals surface area contributed by atoms with Gasteiger partial charge in [0.1, 0.15) is 11.1 Å². The van der Waals surface area contributed by atoms with Crippen molar-refractivity contribution in [1.82, 2.24) is 19.7 Å². The van der Waals surface area contributed by atoms with E-state index in [2.05, 4.69) is 31.0 Å². The molecular weight excluding hydrogens is 476 g/mol. The number of ketones is 1. The van der Waals surface area contributed by atoms with Gasteiger partial charge in [-0.1, -0.05) is 53.7 Å². The van der Waals surface area contributed by atoms with E-state index < -0.39 is 15.9 Å². The number of rotatable bonds is 9. The van der Waals surface area contributed by atoms with Crippen molar-refractivity contribution < 1.29 is 22.7 Å². The fourth-order valence-corrected chi connectivity index (χ4v) is 4.49. The van der Waals surface area contributed by atoms with Gasteiger partial charge in [-0.2, -0.15) is 4.72 Å². The number of benzene rings is 2. The number of nitrogens with one attached hydrogen (secondary N) is 1. The summed E-state index contributed by atoms with van der Waals surface area (Å²) in [6, 6.07) is 16.5. The molecule has 3 rings (SSSR count). The first-order chi connectivity index (χ1) is 14.3. The molecule has 0 fully saturated rings. The molecular formula is C19H19BrN4O5S. The van der Waals surface area contributed by atoms with Gasteiger partial charge in [0.25, 0.3) is 5.91 Å². The van der Waals surface area contributed by atoms with E-state index in [0.717, 1.165) is 0 Å². The SMILES string of the molecule is COC(NS(=O)(=O)c1ccccc1)(OC)c1nnn(CC(=O)c2ccccc2)c1Br. The fraction of sp³-hybridized carbons (Fsp3) is 0.211. The number of carbonyl (C=O) groups is 1. The average molecular weight is 495 g/mol. The second-order valence-electron chi connectivity index (χ2n) is 6.12. The van der Waals surface area contributed by atoms with Crippen molar-refractivity contribution in [3.63, 3.8) is 0 Å². The number of nitrogens with zero attached hydrogens (tertiary/aromatic N) is 3. The molecule has 2 aromatic carbocycles. The zero-order chi connectivity index (χ0) is 21.8. The third-order valence-corrected chi connectivity index (χ3v) is 6.49. The Morgan fingerprint density at radius 3 is 2.20 bits per heavy atom. The first-order valence-electron chi connectivity index (χ1n) is 8.70. The van der Waals surface area contributed by atoms with Crippen LogP contribution < -0.4 is 4.72 Å². The summed E-state index contributed by atoms with van der Waals surface area (Å²) in [6.07, 6.45) is 0. The van der Waals surface area contributed by atoms with Crippen LogP contribution in [0, 0.1) is 0 Å². The molecule has 0 saturated heterocycles. The molecule has 0 atom stereocenters. The van der Waals surface area contributed by atoms with Crippen LogP contribution in [-0.2, 0) is 32.0 Å². The molecule has 0 unspecified atom stereocenters. The normalized spacial score (nSPS) is 12.1. The lowest BCUT2D eigenvalue weighted by atomic mass is 10.1. The molecule has 1 aromatic heterocycles. The van der Waals surface area contributed by atoms with Crippen molar-refractivity contribution >= 4 is 31.7 Å². The number of hydrogen-bond donors (Lipinski definition) is 1. The maximum Gasteiger partial charge on any atom is 0.290 e. The first kappa shape index (κ1) is 22.2. The van der Waals surface area contributed by atoms with E-state index in [9.17, 15) is 13.2 Å². The Labute approximate surface area is 182 Å². The zero-order valence-electron chi connectivity index (χ0n) is 16.1. The number of carbonyl (C=O) groups excluding carboxylic acids is 1. The van der Waals surface area contributed by atoms with Crippen molar-refractivity contribution in [2.45, 2.75) is 17.4 Å². The molecule has 0 aliphatic rings. The van der Waals surface area contributed by atoms with E-state index in [4.69, 9.17) is 9.47 Å².